The minimum atomic E-state index is -0.774. The molecule has 0 heterocycles. The molecule has 0 spiro atoms. The molecule has 0 saturated heterocycles. The van der Waals surface area contributed by atoms with Crippen molar-refractivity contribution in [3.05, 3.63) is 33.6 Å². The Labute approximate surface area is 101 Å². The van der Waals surface area contributed by atoms with Crippen molar-refractivity contribution in [2.45, 2.75) is 16.7 Å². The zero-order valence-corrected chi connectivity index (χ0v) is 9.85. The Hall–Kier alpha value is 0.310. The molecule has 1 saturated carbocycles. The molecule has 1 aliphatic rings. The Morgan fingerprint density at radius 2 is 1.86 bits per heavy atom. The van der Waals surface area contributed by atoms with Gasteiger partial charge in [0, 0.05) is 5.92 Å². The van der Waals surface area contributed by atoms with Gasteiger partial charge in [-0.05, 0) is 24.1 Å². The molecule has 2 rings (SSSR count). The molecule has 1 aliphatic carbocycles. The lowest BCUT2D eigenvalue weighted by Crippen LogP contribution is -1.91. The smallest absolute Gasteiger partial charge is 0.143 e. The van der Waals surface area contributed by atoms with Crippen LogP contribution in [0, 0.1) is 5.82 Å². The molecule has 0 nitrogen and oxygen atoms in total. The van der Waals surface area contributed by atoms with Crippen molar-refractivity contribution in [2.75, 3.05) is 0 Å². The fourth-order valence-electron chi connectivity index (χ4n) is 1.35. The molecule has 0 N–H and O–H groups in total. The summed E-state index contributed by atoms with van der Waals surface area (Å²) in [5.41, 5.74) is 0.696. The molecule has 5 heteroatoms. The highest BCUT2D eigenvalue weighted by molar-refractivity contribution is 6.51. The van der Waals surface area contributed by atoms with Crippen molar-refractivity contribution in [1.29, 1.82) is 0 Å². The van der Waals surface area contributed by atoms with Crippen LogP contribution in [0.15, 0.2) is 12.1 Å². The van der Waals surface area contributed by atoms with Gasteiger partial charge in [0.15, 0.2) is 0 Å². The standard InChI is InChI=1S/C9H5Cl4F/c10-6-1-4(2-7(14)8(6)11)5-3-9(5,12)13/h1-2,5H,3H2. The van der Waals surface area contributed by atoms with Crippen LogP contribution in [0.4, 0.5) is 4.39 Å². The van der Waals surface area contributed by atoms with Crippen molar-refractivity contribution in [3.63, 3.8) is 0 Å². The normalized spacial score (nSPS) is 23.6. The second-order valence-electron chi connectivity index (χ2n) is 3.32. The summed E-state index contributed by atoms with van der Waals surface area (Å²) in [6.07, 6.45) is 0.619. The van der Waals surface area contributed by atoms with E-state index in [9.17, 15) is 4.39 Å². The van der Waals surface area contributed by atoms with Crippen molar-refractivity contribution in [2.24, 2.45) is 0 Å². The van der Waals surface area contributed by atoms with Crippen LogP contribution < -0.4 is 0 Å². The number of rotatable bonds is 1. The number of benzene rings is 1. The average molecular weight is 274 g/mol. The maximum Gasteiger partial charge on any atom is 0.143 e. The van der Waals surface area contributed by atoms with E-state index in [1.807, 2.05) is 0 Å². The molecule has 14 heavy (non-hydrogen) atoms. The first-order valence-electron chi connectivity index (χ1n) is 3.94. The second-order valence-corrected chi connectivity index (χ2v) is 5.64. The summed E-state index contributed by atoms with van der Waals surface area (Å²) in [5, 5.41) is 0.128. The van der Waals surface area contributed by atoms with E-state index in [0.717, 1.165) is 0 Å². The van der Waals surface area contributed by atoms with Gasteiger partial charge in [0.2, 0.25) is 0 Å². The van der Waals surface area contributed by atoms with Gasteiger partial charge in [-0.3, -0.25) is 0 Å². The van der Waals surface area contributed by atoms with Crippen molar-refractivity contribution in [1.82, 2.24) is 0 Å². The minimum Gasteiger partial charge on any atom is -0.205 e. The molecular formula is C9H5Cl4F. The Kier molecular flexibility index (Phi) is 2.64. The van der Waals surface area contributed by atoms with Gasteiger partial charge in [-0.2, -0.15) is 0 Å². The zero-order valence-electron chi connectivity index (χ0n) is 6.83. The van der Waals surface area contributed by atoms with Gasteiger partial charge < -0.3 is 0 Å². The predicted molar refractivity (Wildman–Crippen MR) is 58.2 cm³/mol. The number of hydrogen-bond donors (Lipinski definition) is 0. The Morgan fingerprint density at radius 1 is 1.29 bits per heavy atom. The van der Waals surface area contributed by atoms with Crippen LogP contribution in [0.2, 0.25) is 10.0 Å². The highest BCUT2D eigenvalue weighted by Crippen LogP contribution is 2.59. The van der Waals surface area contributed by atoms with Gasteiger partial charge in [0.05, 0.1) is 10.0 Å². The molecule has 0 aliphatic heterocycles. The third-order valence-corrected chi connectivity index (χ3v) is 3.85. The van der Waals surface area contributed by atoms with E-state index in [4.69, 9.17) is 46.4 Å². The summed E-state index contributed by atoms with van der Waals surface area (Å²) >= 11 is 23.0. The van der Waals surface area contributed by atoms with E-state index in [1.54, 1.807) is 6.07 Å². The van der Waals surface area contributed by atoms with Crippen LogP contribution in [0.25, 0.3) is 0 Å². The lowest BCUT2D eigenvalue weighted by atomic mass is 10.1. The van der Waals surface area contributed by atoms with Crippen molar-refractivity contribution >= 4 is 46.4 Å². The van der Waals surface area contributed by atoms with Crippen molar-refractivity contribution < 1.29 is 4.39 Å². The summed E-state index contributed by atoms with van der Waals surface area (Å²) in [6.45, 7) is 0. The van der Waals surface area contributed by atoms with Crippen LogP contribution in [0.1, 0.15) is 17.9 Å². The largest absolute Gasteiger partial charge is 0.205 e. The molecule has 1 atom stereocenters. The molecule has 1 aromatic rings. The monoisotopic (exact) mass is 272 g/mol. The highest BCUT2D eigenvalue weighted by Gasteiger charge is 2.52. The fourth-order valence-corrected chi connectivity index (χ4v) is 2.24. The quantitative estimate of drug-likeness (QED) is 0.510. The van der Waals surface area contributed by atoms with Gasteiger partial charge in [0.1, 0.15) is 10.2 Å². The van der Waals surface area contributed by atoms with Gasteiger partial charge in [-0.1, -0.05) is 23.2 Å². The third-order valence-electron chi connectivity index (χ3n) is 2.23. The van der Waals surface area contributed by atoms with Crippen LogP contribution in [0.3, 0.4) is 0 Å². The molecule has 0 aromatic heterocycles. The van der Waals surface area contributed by atoms with Gasteiger partial charge in [-0.15, -0.1) is 23.2 Å². The van der Waals surface area contributed by atoms with Crippen molar-refractivity contribution in [3.8, 4) is 0 Å². The predicted octanol–water partition coefficient (Wildman–Crippen LogP) is 4.79. The first kappa shape index (κ1) is 10.8. The second kappa shape index (κ2) is 3.41. The molecule has 76 valence electrons. The Morgan fingerprint density at radius 3 is 2.29 bits per heavy atom. The Balaban J connectivity index is 2.38. The molecule has 0 bridgehead atoms. The Bertz CT molecular complexity index is 365. The van der Waals surface area contributed by atoms with E-state index >= 15 is 0 Å². The van der Waals surface area contributed by atoms with Crippen LogP contribution in [0.5, 0.6) is 0 Å². The maximum atomic E-state index is 13.2. The molecule has 0 radical (unpaired) electrons. The summed E-state index contributed by atoms with van der Waals surface area (Å²) < 4.78 is 12.4. The minimum absolute atomic E-state index is 0.0462. The topological polar surface area (TPSA) is 0 Å². The van der Waals surface area contributed by atoms with E-state index in [2.05, 4.69) is 0 Å². The highest BCUT2D eigenvalue weighted by atomic mass is 35.5. The molecule has 1 fully saturated rings. The summed E-state index contributed by atoms with van der Waals surface area (Å²) in [7, 11) is 0. The third kappa shape index (κ3) is 1.83. The lowest BCUT2D eigenvalue weighted by molar-refractivity contribution is 0.626. The summed E-state index contributed by atoms with van der Waals surface area (Å²) in [5.74, 6) is -0.583. The number of alkyl halides is 2. The SMILES string of the molecule is Fc1cc(C2CC2(Cl)Cl)cc(Cl)c1Cl. The van der Waals surface area contributed by atoms with Gasteiger partial charge >= 0.3 is 0 Å². The number of hydrogen-bond acceptors (Lipinski definition) is 0. The van der Waals surface area contributed by atoms with Gasteiger partial charge in [-0.25, -0.2) is 4.39 Å². The summed E-state index contributed by atoms with van der Waals surface area (Å²) in [6, 6.07) is 2.93. The maximum absolute atomic E-state index is 13.2. The lowest BCUT2D eigenvalue weighted by Gasteiger charge is -2.04. The van der Waals surface area contributed by atoms with E-state index in [1.165, 1.54) is 6.07 Å². The first-order chi connectivity index (χ1) is 6.42. The van der Waals surface area contributed by atoms with Gasteiger partial charge in [0.25, 0.3) is 0 Å². The summed E-state index contributed by atoms with van der Waals surface area (Å²) in [4.78, 5) is 0. The molecule has 1 aromatic carbocycles. The molecular weight excluding hydrogens is 269 g/mol. The average Bonchev–Trinajstić information content (AvgIpc) is 2.70. The van der Waals surface area contributed by atoms with E-state index in [-0.39, 0.29) is 16.0 Å². The molecule has 1 unspecified atom stereocenters. The fraction of sp³-hybridized carbons (Fsp3) is 0.333. The number of halogens is 5. The van der Waals surface area contributed by atoms with Crippen LogP contribution in [-0.2, 0) is 0 Å². The zero-order chi connectivity index (χ0) is 10.5. The van der Waals surface area contributed by atoms with E-state index in [0.29, 0.717) is 12.0 Å². The first-order valence-corrected chi connectivity index (χ1v) is 5.45. The molecule has 0 amide bonds. The van der Waals surface area contributed by atoms with Crippen LogP contribution >= 0.6 is 46.4 Å². The van der Waals surface area contributed by atoms with Crippen LogP contribution in [-0.4, -0.2) is 4.33 Å². The van der Waals surface area contributed by atoms with E-state index < -0.39 is 10.2 Å².